The van der Waals surface area contributed by atoms with E-state index in [-0.39, 0.29) is 0 Å². The first kappa shape index (κ1) is 16.5. The molecule has 3 heterocycles. The van der Waals surface area contributed by atoms with Crippen LogP contribution < -0.4 is 0 Å². The van der Waals surface area contributed by atoms with E-state index in [1.807, 2.05) is 11.3 Å². The highest BCUT2D eigenvalue weighted by Crippen LogP contribution is 2.34. The summed E-state index contributed by atoms with van der Waals surface area (Å²) in [6.45, 7) is 7.73. The molecule has 1 aromatic heterocycles. The van der Waals surface area contributed by atoms with E-state index in [0.717, 1.165) is 44.7 Å². The van der Waals surface area contributed by atoms with Crippen molar-refractivity contribution in [1.82, 2.24) is 14.8 Å². The molecule has 2 fully saturated rings. The molecule has 132 valence electrons. The Balaban J connectivity index is 1.33. The van der Waals surface area contributed by atoms with Gasteiger partial charge in [0.15, 0.2) is 0 Å². The first-order chi connectivity index (χ1) is 11.7. The Kier molecular flexibility index (Phi) is 4.90. The van der Waals surface area contributed by atoms with Crippen LogP contribution in [0.4, 0.5) is 0 Å². The Labute approximate surface area is 149 Å². The fourth-order valence-electron chi connectivity index (χ4n) is 4.09. The highest BCUT2D eigenvalue weighted by atomic mass is 32.1. The number of nitrogens with zero attached hydrogens (tertiary/aromatic N) is 3. The summed E-state index contributed by atoms with van der Waals surface area (Å²) in [4.78, 5) is 23.2. The number of fused-ring (bicyclic) bond motifs is 1. The predicted molar refractivity (Wildman–Crippen MR) is 97.1 cm³/mol. The van der Waals surface area contributed by atoms with Crippen LogP contribution in [0.1, 0.15) is 54.6 Å². The van der Waals surface area contributed by atoms with Gasteiger partial charge in [-0.1, -0.05) is 6.92 Å². The lowest BCUT2D eigenvalue weighted by Crippen LogP contribution is -2.36. The zero-order chi connectivity index (χ0) is 16.5. The third-order valence-corrected chi connectivity index (χ3v) is 6.83. The molecule has 24 heavy (non-hydrogen) atoms. The average molecular weight is 348 g/mol. The number of amides is 1. The molecule has 1 aliphatic carbocycles. The standard InChI is InChI=1S/C19H29N3OS/c1-2-8-21-9-5-14(6-10-21)12-18-20-16-7-11-22(13-17(16)24-18)19(23)15-3-4-15/h14-15H,2-13H2,1H3. The van der Waals surface area contributed by atoms with Crippen LogP contribution in [0.25, 0.3) is 0 Å². The van der Waals surface area contributed by atoms with Gasteiger partial charge in [0, 0.05) is 30.2 Å². The molecule has 0 aromatic carbocycles. The summed E-state index contributed by atoms with van der Waals surface area (Å²) in [6.07, 6.45) is 8.21. The maximum atomic E-state index is 12.3. The zero-order valence-electron chi connectivity index (χ0n) is 14.8. The number of thiazole rings is 1. The van der Waals surface area contributed by atoms with Gasteiger partial charge < -0.3 is 9.80 Å². The Bertz CT molecular complexity index is 587. The molecule has 0 bridgehead atoms. The van der Waals surface area contributed by atoms with Gasteiger partial charge in [0.05, 0.1) is 17.2 Å². The topological polar surface area (TPSA) is 36.4 Å². The van der Waals surface area contributed by atoms with Crippen LogP contribution in [0.5, 0.6) is 0 Å². The molecule has 0 radical (unpaired) electrons. The van der Waals surface area contributed by atoms with E-state index >= 15 is 0 Å². The second kappa shape index (κ2) is 7.12. The largest absolute Gasteiger partial charge is 0.337 e. The van der Waals surface area contributed by atoms with Crippen LogP contribution in [0.3, 0.4) is 0 Å². The minimum Gasteiger partial charge on any atom is -0.337 e. The number of hydrogen-bond acceptors (Lipinski definition) is 4. The number of aromatic nitrogens is 1. The second-order valence-electron chi connectivity index (χ2n) is 7.75. The summed E-state index contributed by atoms with van der Waals surface area (Å²) in [7, 11) is 0. The summed E-state index contributed by atoms with van der Waals surface area (Å²) in [5, 5.41) is 1.31. The fraction of sp³-hybridized carbons (Fsp3) is 0.789. The Morgan fingerprint density at radius 2 is 2.00 bits per heavy atom. The number of hydrogen-bond donors (Lipinski definition) is 0. The van der Waals surface area contributed by atoms with Crippen molar-refractivity contribution >= 4 is 17.2 Å². The molecule has 1 aromatic rings. The summed E-state index contributed by atoms with van der Waals surface area (Å²) in [5.74, 6) is 1.53. The molecule has 1 saturated carbocycles. The summed E-state index contributed by atoms with van der Waals surface area (Å²) < 4.78 is 0. The van der Waals surface area contributed by atoms with Gasteiger partial charge in [0.1, 0.15) is 0 Å². The molecule has 4 rings (SSSR count). The molecular formula is C19H29N3OS. The van der Waals surface area contributed by atoms with Gasteiger partial charge in [0.2, 0.25) is 5.91 Å². The monoisotopic (exact) mass is 347 g/mol. The highest BCUT2D eigenvalue weighted by Gasteiger charge is 2.35. The molecule has 0 N–H and O–H groups in total. The normalized spacial score (nSPS) is 22.6. The first-order valence-electron chi connectivity index (χ1n) is 9.71. The maximum Gasteiger partial charge on any atom is 0.226 e. The lowest BCUT2D eigenvalue weighted by Gasteiger charge is -2.31. The van der Waals surface area contributed by atoms with Crippen LogP contribution in [-0.4, -0.2) is 46.9 Å². The smallest absolute Gasteiger partial charge is 0.226 e. The van der Waals surface area contributed by atoms with Gasteiger partial charge in [-0.05, 0) is 57.7 Å². The van der Waals surface area contributed by atoms with Gasteiger partial charge in [-0.25, -0.2) is 4.98 Å². The van der Waals surface area contributed by atoms with E-state index in [4.69, 9.17) is 4.98 Å². The van der Waals surface area contributed by atoms with Gasteiger partial charge in [-0.2, -0.15) is 0 Å². The molecule has 0 unspecified atom stereocenters. The van der Waals surface area contributed by atoms with Crippen LogP contribution in [0, 0.1) is 11.8 Å². The number of rotatable bonds is 5. The molecule has 0 spiro atoms. The van der Waals surface area contributed by atoms with Crippen molar-refractivity contribution < 1.29 is 4.79 Å². The minimum atomic E-state index is 0.340. The summed E-state index contributed by atoms with van der Waals surface area (Å²) in [5.41, 5.74) is 1.28. The zero-order valence-corrected chi connectivity index (χ0v) is 15.6. The van der Waals surface area contributed by atoms with Crippen LogP contribution in [-0.2, 0) is 24.2 Å². The lowest BCUT2D eigenvalue weighted by molar-refractivity contribution is -0.133. The Morgan fingerprint density at radius 1 is 1.21 bits per heavy atom. The van der Waals surface area contributed by atoms with E-state index in [1.165, 1.54) is 54.5 Å². The molecule has 4 nitrogen and oxygen atoms in total. The fourth-order valence-corrected chi connectivity index (χ4v) is 5.34. The van der Waals surface area contributed by atoms with Crippen LogP contribution in [0.2, 0.25) is 0 Å². The average Bonchev–Trinajstić information content (AvgIpc) is 3.36. The number of likely N-dealkylation sites (tertiary alicyclic amines) is 1. The van der Waals surface area contributed by atoms with E-state index in [1.54, 1.807) is 0 Å². The molecule has 1 amide bonds. The van der Waals surface area contributed by atoms with Gasteiger partial charge >= 0.3 is 0 Å². The summed E-state index contributed by atoms with van der Waals surface area (Å²) >= 11 is 1.87. The van der Waals surface area contributed by atoms with E-state index in [0.29, 0.717) is 11.8 Å². The van der Waals surface area contributed by atoms with Crippen molar-refractivity contribution in [3.63, 3.8) is 0 Å². The highest BCUT2D eigenvalue weighted by molar-refractivity contribution is 7.11. The third kappa shape index (κ3) is 3.67. The van der Waals surface area contributed by atoms with Crippen molar-refractivity contribution in [3.05, 3.63) is 15.6 Å². The quantitative estimate of drug-likeness (QED) is 0.821. The number of piperidine rings is 1. The van der Waals surface area contributed by atoms with Crippen molar-refractivity contribution in [2.45, 2.75) is 58.4 Å². The van der Waals surface area contributed by atoms with Crippen LogP contribution in [0.15, 0.2) is 0 Å². The van der Waals surface area contributed by atoms with Crippen molar-refractivity contribution in [2.24, 2.45) is 11.8 Å². The lowest BCUT2D eigenvalue weighted by atomic mass is 9.94. The Morgan fingerprint density at radius 3 is 2.71 bits per heavy atom. The van der Waals surface area contributed by atoms with Crippen LogP contribution >= 0.6 is 11.3 Å². The van der Waals surface area contributed by atoms with Gasteiger partial charge in [-0.15, -0.1) is 11.3 Å². The van der Waals surface area contributed by atoms with E-state index < -0.39 is 0 Å². The Hall–Kier alpha value is -0.940. The van der Waals surface area contributed by atoms with E-state index in [9.17, 15) is 4.79 Å². The molecule has 3 aliphatic rings. The van der Waals surface area contributed by atoms with Gasteiger partial charge in [0.25, 0.3) is 0 Å². The predicted octanol–water partition coefficient (Wildman–Crippen LogP) is 3.10. The molecule has 2 aliphatic heterocycles. The summed E-state index contributed by atoms with van der Waals surface area (Å²) in [6, 6.07) is 0. The minimum absolute atomic E-state index is 0.340. The molecule has 0 atom stereocenters. The SMILES string of the molecule is CCCN1CCC(Cc2nc3c(s2)CN(C(=O)C2CC2)CC3)CC1. The van der Waals surface area contributed by atoms with Crippen molar-refractivity contribution in [3.8, 4) is 0 Å². The van der Waals surface area contributed by atoms with E-state index in [2.05, 4.69) is 16.7 Å². The van der Waals surface area contributed by atoms with Gasteiger partial charge in [-0.3, -0.25) is 4.79 Å². The van der Waals surface area contributed by atoms with Crippen molar-refractivity contribution in [2.75, 3.05) is 26.2 Å². The van der Waals surface area contributed by atoms with Crippen molar-refractivity contribution in [1.29, 1.82) is 0 Å². The number of carbonyl (C=O) groups is 1. The molecular weight excluding hydrogens is 318 g/mol. The first-order valence-corrected chi connectivity index (χ1v) is 10.5. The molecule has 1 saturated heterocycles. The maximum absolute atomic E-state index is 12.3. The molecule has 5 heteroatoms. The second-order valence-corrected chi connectivity index (χ2v) is 8.92. The third-order valence-electron chi connectivity index (χ3n) is 5.72. The number of carbonyl (C=O) groups excluding carboxylic acids is 1.